The van der Waals surface area contributed by atoms with E-state index in [1.54, 1.807) is 0 Å². The average molecular weight is 198 g/mol. The molecule has 0 atom stereocenters. The van der Waals surface area contributed by atoms with Gasteiger partial charge in [0.2, 0.25) is 0 Å². The molecule has 0 N–H and O–H groups in total. The van der Waals surface area contributed by atoms with Gasteiger partial charge in [-0.05, 0) is 19.3 Å². The highest BCUT2D eigenvalue weighted by molar-refractivity contribution is 6.76. The van der Waals surface area contributed by atoms with Gasteiger partial charge in [-0.25, -0.2) is 0 Å². The topological polar surface area (TPSA) is 15.6 Å². The molecule has 0 saturated carbocycles. The van der Waals surface area contributed by atoms with Gasteiger partial charge >= 0.3 is 0 Å². The highest BCUT2D eigenvalue weighted by Gasteiger charge is 2.11. The number of nitrogens with zero attached hydrogens (tertiary/aromatic N) is 2. The zero-order valence-corrected chi connectivity index (χ0v) is 10.2. The maximum absolute atomic E-state index is 4.53. The standard InChI is InChI=1S/C10H22N2Si/c1-13(2,3)10-11-9-12-7-5-4-6-8-12/h9H,4-8,10H2,1-3H3. The van der Waals surface area contributed by atoms with Gasteiger partial charge in [-0.1, -0.05) is 19.6 Å². The van der Waals surface area contributed by atoms with Crippen molar-refractivity contribution in [3.63, 3.8) is 0 Å². The molecule has 13 heavy (non-hydrogen) atoms. The summed E-state index contributed by atoms with van der Waals surface area (Å²) in [5.74, 6) is 0. The van der Waals surface area contributed by atoms with Crippen LogP contribution in [0.3, 0.4) is 0 Å². The van der Waals surface area contributed by atoms with Crippen LogP contribution in [-0.2, 0) is 0 Å². The molecule has 2 nitrogen and oxygen atoms in total. The van der Waals surface area contributed by atoms with Crippen molar-refractivity contribution in [2.75, 3.05) is 19.3 Å². The zero-order chi connectivity index (χ0) is 9.73. The summed E-state index contributed by atoms with van der Waals surface area (Å²) in [7, 11) is -0.966. The van der Waals surface area contributed by atoms with Crippen molar-refractivity contribution >= 4 is 14.4 Å². The van der Waals surface area contributed by atoms with E-state index in [1.165, 1.54) is 32.4 Å². The normalized spacial score (nSPS) is 19.8. The minimum absolute atomic E-state index is 0.966. The van der Waals surface area contributed by atoms with Crippen LogP contribution in [0.2, 0.25) is 19.6 Å². The van der Waals surface area contributed by atoms with Gasteiger partial charge in [0.25, 0.3) is 0 Å². The van der Waals surface area contributed by atoms with E-state index in [-0.39, 0.29) is 0 Å². The fourth-order valence-corrected chi connectivity index (χ4v) is 2.09. The van der Waals surface area contributed by atoms with Crippen molar-refractivity contribution < 1.29 is 0 Å². The molecular formula is C10H22N2Si. The Hall–Kier alpha value is -0.313. The van der Waals surface area contributed by atoms with Gasteiger partial charge in [-0.3, -0.25) is 4.99 Å². The molecule has 1 aliphatic rings. The van der Waals surface area contributed by atoms with Gasteiger partial charge in [0, 0.05) is 19.3 Å². The van der Waals surface area contributed by atoms with E-state index in [4.69, 9.17) is 0 Å². The molecule has 1 fully saturated rings. The lowest BCUT2D eigenvalue weighted by Gasteiger charge is -2.24. The quantitative estimate of drug-likeness (QED) is 0.386. The summed E-state index contributed by atoms with van der Waals surface area (Å²) >= 11 is 0. The van der Waals surface area contributed by atoms with Crippen molar-refractivity contribution in [1.82, 2.24) is 4.90 Å². The summed E-state index contributed by atoms with van der Waals surface area (Å²) in [6.45, 7) is 9.52. The molecule has 0 spiro atoms. The Labute approximate surface area is 83.1 Å². The lowest BCUT2D eigenvalue weighted by atomic mass is 10.1. The van der Waals surface area contributed by atoms with E-state index in [1.807, 2.05) is 0 Å². The molecule has 76 valence electrons. The van der Waals surface area contributed by atoms with Crippen molar-refractivity contribution in [2.24, 2.45) is 4.99 Å². The van der Waals surface area contributed by atoms with E-state index < -0.39 is 8.07 Å². The average Bonchev–Trinajstić information content (AvgIpc) is 2.04. The van der Waals surface area contributed by atoms with Crippen molar-refractivity contribution in [2.45, 2.75) is 38.9 Å². The second kappa shape index (κ2) is 4.79. The van der Waals surface area contributed by atoms with E-state index in [0.717, 1.165) is 6.17 Å². The first-order valence-electron chi connectivity index (χ1n) is 5.32. The number of aliphatic imine (C=N–C) groups is 1. The smallest absolute Gasteiger partial charge is 0.0846 e. The van der Waals surface area contributed by atoms with Gasteiger partial charge in [-0.2, -0.15) is 0 Å². The third-order valence-electron chi connectivity index (χ3n) is 2.20. The van der Waals surface area contributed by atoms with Gasteiger partial charge < -0.3 is 4.90 Å². The number of rotatable bonds is 3. The van der Waals surface area contributed by atoms with Crippen LogP contribution in [0.1, 0.15) is 19.3 Å². The van der Waals surface area contributed by atoms with E-state index in [2.05, 4.69) is 35.9 Å². The monoisotopic (exact) mass is 198 g/mol. The van der Waals surface area contributed by atoms with Gasteiger partial charge in [-0.15, -0.1) is 0 Å². The minimum atomic E-state index is -0.966. The maximum Gasteiger partial charge on any atom is 0.0846 e. The summed E-state index contributed by atoms with van der Waals surface area (Å²) < 4.78 is 0. The van der Waals surface area contributed by atoms with E-state index in [9.17, 15) is 0 Å². The summed E-state index contributed by atoms with van der Waals surface area (Å²) in [5, 5.41) is 0. The second-order valence-electron chi connectivity index (χ2n) is 5.11. The van der Waals surface area contributed by atoms with Crippen LogP contribution in [0, 0.1) is 0 Å². The molecule has 0 aliphatic carbocycles. The van der Waals surface area contributed by atoms with E-state index in [0.29, 0.717) is 0 Å². The molecule has 0 aromatic carbocycles. The molecule has 1 rings (SSSR count). The van der Waals surface area contributed by atoms with Crippen LogP contribution in [0.15, 0.2) is 4.99 Å². The lowest BCUT2D eigenvalue weighted by Crippen LogP contribution is -2.30. The molecule has 0 aromatic rings. The first-order valence-corrected chi connectivity index (χ1v) is 9.03. The Morgan fingerprint density at radius 2 is 1.77 bits per heavy atom. The van der Waals surface area contributed by atoms with Gasteiger partial charge in [0.1, 0.15) is 0 Å². The Balaban J connectivity index is 2.22. The number of hydrogen-bond acceptors (Lipinski definition) is 1. The van der Waals surface area contributed by atoms with Crippen LogP contribution in [0.4, 0.5) is 0 Å². The predicted octanol–water partition coefficient (Wildman–Crippen LogP) is 2.38. The first-order chi connectivity index (χ1) is 6.08. The number of likely N-dealkylation sites (tertiary alicyclic amines) is 1. The number of piperidine rings is 1. The maximum atomic E-state index is 4.53. The van der Waals surface area contributed by atoms with Crippen LogP contribution >= 0.6 is 0 Å². The lowest BCUT2D eigenvalue weighted by molar-refractivity contribution is 0.350. The van der Waals surface area contributed by atoms with Gasteiger partial charge in [0.15, 0.2) is 0 Å². The summed E-state index contributed by atoms with van der Waals surface area (Å²) in [4.78, 5) is 6.89. The molecule has 3 heteroatoms. The molecule has 0 radical (unpaired) electrons. The molecule has 0 bridgehead atoms. The van der Waals surface area contributed by atoms with Crippen LogP contribution in [0.25, 0.3) is 0 Å². The predicted molar refractivity (Wildman–Crippen MR) is 62.1 cm³/mol. The Bertz CT molecular complexity index is 166. The van der Waals surface area contributed by atoms with Gasteiger partial charge in [0.05, 0.1) is 14.4 Å². The van der Waals surface area contributed by atoms with Crippen LogP contribution in [0.5, 0.6) is 0 Å². The van der Waals surface area contributed by atoms with Crippen LogP contribution < -0.4 is 0 Å². The molecule has 1 aliphatic heterocycles. The van der Waals surface area contributed by atoms with Crippen molar-refractivity contribution in [3.8, 4) is 0 Å². The first kappa shape index (κ1) is 10.8. The summed E-state index contributed by atoms with van der Waals surface area (Å²) in [5.41, 5.74) is 0. The third-order valence-corrected chi connectivity index (χ3v) is 3.33. The second-order valence-corrected chi connectivity index (χ2v) is 10.6. The molecule has 0 aromatic heterocycles. The number of hydrogen-bond donors (Lipinski definition) is 0. The molecule has 0 unspecified atom stereocenters. The molecule has 0 amide bonds. The fourth-order valence-electron chi connectivity index (χ4n) is 1.46. The fraction of sp³-hybridized carbons (Fsp3) is 0.900. The molecular weight excluding hydrogens is 176 g/mol. The summed E-state index contributed by atoms with van der Waals surface area (Å²) in [6.07, 6.45) is 7.25. The van der Waals surface area contributed by atoms with Crippen molar-refractivity contribution in [3.05, 3.63) is 0 Å². The van der Waals surface area contributed by atoms with E-state index >= 15 is 0 Å². The van der Waals surface area contributed by atoms with Crippen molar-refractivity contribution in [1.29, 1.82) is 0 Å². The SMILES string of the molecule is C[Si](C)(C)CN=CN1CCCCC1. The summed E-state index contributed by atoms with van der Waals surface area (Å²) in [6, 6.07) is 0. The zero-order valence-electron chi connectivity index (χ0n) is 9.21. The molecule has 1 heterocycles. The molecule has 1 saturated heterocycles. The Kier molecular flexibility index (Phi) is 3.97. The van der Waals surface area contributed by atoms with Crippen LogP contribution in [-0.4, -0.2) is 38.6 Å². The third kappa shape index (κ3) is 5.08. The highest BCUT2D eigenvalue weighted by atomic mass is 28.3. The largest absolute Gasteiger partial charge is 0.363 e. The minimum Gasteiger partial charge on any atom is -0.363 e. The Morgan fingerprint density at radius 3 is 2.31 bits per heavy atom. The highest BCUT2D eigenvalue weighted by Crippen LogP contribution is 2.06. The Morgan fingerprint density at radius 1 is 1.15 bits per heavy atom.